The highest BCUT2D eigenvalue weighted by Gasteiger charge is 2.14. The Morgan fingerprint density at radius 2 is 1.83 bits per heavy atom. The standard InChI is InChI=1S/C17H16F2N2O2/c1-10(15-7-6-13(18)9-16(15)19)20-17(23)21-14-5-3-4-12(8-14)11(2)22/h3-10H,1-2H3,(H2,20,21,23). The molecule has 0 bridgehead atoms. The van der Waals surface area contributed by atoms with Crippen LogP contribution in [0.3, 0.4) is 0 Å². The number of urea groups is 1. The van der Waals surface area contributed by atoms with E-state index >= 15 is 0 Å². The molecule has 0 aliphatic carbocycles. The summed E-state index contributed by atoms with van der Waals surface area (Å²) in [7, 11) is 0. The van der Waals surface area contributed by atoms with Crippen LogP contribution in [0.1, 0.15) is 35.8 Å². The number of carbonyl (C=O) groups is 2. The largest absolute Gasteiger partial charge is 0.331 e. The van der Waals surface area contributed by atoms with Gasteiger partial charge in [-0.25, -0.2) is 13.6 Å². The maximum Gasteiger partial charge on any atom is 0.319 e. The fraction of sp³-hybridized carbons (Fsp3) is 0.176. The van der Waals surface area contributed by atoms with Crippen molar-refractivity contribution in [1.29, 1.82) is 0 Å². The first-order valence-corrected chi connectivity index (χ1v) is 7.00. The summed E-state index contributed by atoms with van der Waals surface area (Å²) in [5, 5.41) is 5.13. The van der Waals surface area contributed by atoms with E-state index in [9.17, 15) is 18.4 Å². The minimum atomic E-state index is -0.726. The predicted molar refractivity (Wildman–Crippen MR) is 83.4 cm³/mol. The number of carbonyl (C=O) groups excluding carboxylic acids is 2. The summed E-state index contributed by atoms with van der Waals surface area (Å²) >= 11 is 0. The molecule has 0 saturated carbocycles. The minimum Gasteiger partial charge on any atom is -0.331 e. The second-order valence-electron chi connectivity index (χ2n) is 5.12. The van der Waals surface area contributed by atoms with Crippen LogP contribution in [0.2, 0.25) is 0 Å². The molecule has 4 nitrogen and oxygen atoms in total. The predicted octanol–water partition coefficient (Wildman–Crippen LogP) is 4.05. The van der Waals surface area contributed by atoms with Crippen molar-refractivity contribution in [2.75, 3.05) is 5.32 Å². The van der Waals surface area contributed by atoms with E-state index in [2.05, 4.69) is 10.6 Å². The van der Waals surface area contributed by atoms with Crippen molar-refractivity contribution in [1.82, 2.24) is 5.32 Å². The lowest BCUT2D eigenvalue weighted by Gasteiger charge is -2.16. The van der Waals surface area contributed by atoms with E-state index in [1.165, 1.54) is 13.0 Å². The van der Waals surface area contributed by atoms with Gasteiger partial charge in [-0.2, -0.15) is 0 Å². The van der Waals surface area contributed by atoms with Crippen molar-refractivity contribution < 1.29 is 18.4 Å². The molecule has 2 N–H and O–H groups in total. The molecule has 2 amide bonds. The van der Waals surface area contributed by atoms with E-state index in [1.54, 1.807) is 31.2 Å². The fourth-order valence-corrected chi connectivity index (χ4v) is 2.11. The zero-order valence-electron chi connectivity index (χ0n) is 12.7. The Morgan fingerprint density at radius 3 is 2.48 bits per heavy atom. The van der Waals surface area contributed by atoms with Crippen LogP contribution in [0.5, 0.6) is 0 Å². The monoisotopic (exact) mass is 318 g/mol. The Kier molecular flexibility index (Phi) is 5.05. The Labute approximate surface area is 132 Å². The summed E-state index contributed by atoms with van der Waals surface area (Å²) in [6.45, 7) is 3.01. The number of ketones is 1. The van der Waals surface area contributed by atoms with Crippen LogP contribution in [-0.2, 0) is 0 Å². The summed E-state index contributed by atoms with van der Waals surface area (Å²) in [5.74, 6) is -1.52. The molecule has 0 aliphatic heterocycles. The van der Waals surface area contributed by atoms with Gasteiger partial charge in [0.2, 0.25) is 0 Å². The smallest absolute Gasteiger partial charge is 0.319 e. The SMILES string of the molecule is CC(=O)c1cccc(NC(=O)NC(C)c2ccc(F)cc2F)c1. The molecular weight excluding hydrogens is 302 g/mol. The van der Waals surface area contributed by atoms with Gasteiger partial charge in [-0.3, -0.25) is 4.79 Å². The number of hydrogen-bond donors (Lipinski definition) is 2. The fourth-order valence-electron chi connectivity index (χ4n) is 2.11. The molecule has 1 atom stereocenters. The van der Waals surface area contributed by atoms with Crippen molar-refractivity contribution in [3.05, 3.63) is 65.2 Å². The molecule has 2 aromatic carbocycles. The quantitative estimate of drug-likeness (QED) is 0.836. The number of rotatable bonds is 4. The molecule has 23 heavy (non-hydrogen) atoms. The highest BCUT2D eigenvalue weighted by atomic mass is 19.1. The first kappa shape index (κ1) is 16.6. The number of hydrogen-bond acceptors (Lipinski definition) is 2. The van der Waals surface area contributed by atoms with Gasteiger partial charge in [0.25, 0.3) is 0 Å². The van der Waals surface area contributed by atoms with E-state index in [0.29, 0.717) is 11.3 Å². The first-order chi connectivity index (χ1) is 10.9. The zero-order valence-corrected chi connectivity index (χ0v) is 12.7. The lowest BCUT2D eigenvalue weighted by molar-refractivity contribution is 0.101. The Balaban J connectivity index is 2.04. The molecule has 2 rings (SSSR count). The van der Waals surface area contributed by atoms with Crippen LogP contribution >= 0.6 is 0 Å². The second-order valence-corrected chi connectivity index (χ2v) is 5.12. The van der Waals surface area contributed by atoms with Gasteiger partial charge < -0.3 is 10.6 Å². The summed E-state index contributed by atoms with van der Waals surface area (Å²) in [5.41, 5.74) is 1.10. The van der Waals surface area contributed by atoms with Gasteiger partial charge in [0.05, 0.1) is 6.04 Å². The summed E-state index contributed by atoms with van der Waals surface area (Å²) in [6, 6.07) is 8.45. The molecule has 0 heterocycles. The normalized spacial score (nSPS) is 11.7. The van der Waals surface area contributed by atoms with Gasteiger partial charge >= 0.3 is 6.03 Å². The summed E-state index contributed by atoms with van der Waals surface area (Å²) in [4.78, 5) is 23.3. The number of nitrogens with one attached hydrogen (secondary N) is 2. The second kappa shape index (κ2) is 7.00. The Hall–Kier alpha value is -2.76. The summed E-state index contributed by atoms with van der Waals surface area (Å²) < 4.78 is 26.6. The molecule has 0 aliphatic rings. The van der Waals surface area contributed by atoms with Gasteiger partial charge in [-0.05, 0) is 32.0 Å². The summed E-state index contributed by atoms with van der Waals surface area (Å²) in [6.07, 6.45) is 0. The average Bonchev–Trinajstić information content (AvgIpc) is 2.47. The van der Waals surface area contributed by atoms with E-state index in [-0.39, 0.29) is 11.3 Å². The van der Waals surface area contributed by atoms with Crippen LogP contribution in [-0.4, -0.2) is 11.8 Å². The van der Waals surface area contributed by atoms with Crippen molar-refractivity contribution >= 4 is 17.5 Å². The molecule has 1 unspecified atom stereocenters. The number of Topliss-reactive ketones (excluding diaryl/α,β-unsaturated/α-hetero) is 1. The highest BCUT2D eigenvalue weighted by Crippen LogP contribution is 2.18. The number of anilines is 1. The van der Waals surface area contributed by atoms with Gasteiger partial charge in [-0.15, -0.1) is 0 Å². The van der Waals surface area contributed by atoms with Crippen LogP contribution in [0.4, 0.5) is 19.3 Å². The molecule has 6 heteroatoms. The van der Waals surface area contributed by atoms with E-state index in [0.717, 1.165) is 12.1 Å². The maximum atomic E-state index is 13.7. The maximum absolute atomic E-state index is 13.7. The molecule has 120 valence electrons. The van der Waals surface area contributed by atoms with Crippen molar-refractivity contribution in [2.24, 2.45) is 0 Å². The van der Waals surface area contributed by atoms with Crippen molar-refractivity contribution in [3.8, 4) is 0 Å². The third-order valence-corrected chi connectivity index (χ3v) is 3.30. The lowest BCUT2D eigenvalue weighted by Crippen LogP contribution is -2.31. The Bertz CT molecular complexity index is 747. The topological polar surface area (TPSA) is 58.2 Å². The molecule has 2 aromatic rings. The molecular formula is C17H16F2N2O2. The van der Waals surface area contributed by atoms with Gasteiger partial charge in [0.15, 0.2) is 5.78 Å². The van der Waals surface area contributed by atoms with Crippen molar-refractivity contribution in [2.45, 2.75) is 19.9 Å². The molecule has 0 radical (unpaired) electrons. The average molecular weight is 318 g/mol. The van der Waals surface area contributed by atoms with Crippen LogP contribution in [0.25, 0.3) is 0 Å². The third-order valence-electron chi connectivity index (χ3n) is 3.30. The lowest BCUT2D eigenvalue weighted by atomic mass is 10.1. The molecule has 0 saturated heterocycles. The van der Waals surface area contributed by atoms with Crippen molar-refractivity contribution in [3.63, 3.8) is 0 Å². The van der Waals surface area contributed by atoms with Crippen LogP contribution in [0, 0.1) is 11.6 Å². The molecule has 0 fully saturated rings. The van der Waals surface area contributed by atoms with E-state index in [4.69, 9.17) is 0 Å². The van der Waals surface area contributed by atoms with Gasteiger partial charge in [-0.1, -0.05) is 18.2 Å². The van der Waals surface area contributed by atoms with Crippen LogP contribution in [0.15, 0.2) is 42.5 Å². The molecule has 0 aromatic heterocycles. The molecule has 0 spiro atoms. The third kappa shape index (κ3) is 4.35. The van der Waals surface area contributed by atoms with E-state index in [1.807, 2.05) is 0 Å². The number of benzene rings is 2. The number of halogens is 2. The van der Waals surface area contributed by atoms with Gasteiger partial charge in [0, 0.05) is 22.9 Å². The minimum absolute atomic E-state index is 0.115. The van der Waals surface area contributed by atoms with Crippen LogP contribution < -0.4 is 10.6 Å². The van der Waals surface area contributed by atoms with Gasteiger partial charge in [0.1, 0.15) is 11.6 Å². The number of amides is 2. The van der Waals surface area contributed by atoms with E-state index < -0.39 is 23.7 Å². The first-order valence-electron chi connectivity index (χ1n) is 7.00. The Morgan fingerprint density at radius 1 is 1.09 bits per heavy atom. The zero-order chi connectivity index (χ0) is 17.0. The highest BCUT2D eigenvalue weighted by molar-refractivity contribution is 5.96.